The average Bonchev–Trinajstić information content (AvgIpc) is 2.73. The summed E-state index contributed by atoms with van der Waals surface area (Å²) < 4.78 is 5.51. The molecule has 156 valence electrons. The van der Waals surface area contributed by atoms with Gasteiger partial charge < -0.3 is 19.9 Å². The molecule has 1 aliphatic heterocycles. The summed E-state index contributed by atoms with van der Waals surface area (Å²) in [5.74, 6) is 1.77. The first-order valence-electron chi connectivity index (χ1n) is 10.6. The van der Waals surface area contributed by atoms with E-state index in [1.54, 1.807) is 26.1 Å². The molecule has 1 aromatic rings. The molecule has 2 aliphatic rings. The molecule has 2 fully saturated rings. The van der Waals surface area contributed by atoms with Crippen molar-refractivity contribution >= 4 is 11.7 Å². The number of carbonyl (C=O) groups excluding carboxylic acids is 1. The van der Waals surface area contributed by atoms with Crippen LogP contribution in [-0.4, -0.2) is 75.8 Å². The molecule has 6 heteroatoms. The maximum absolute atomic E-state index is 11.8. The number of hydrogen-bond acceptors (Lipinski definition) is 4. The van der Waals surface area contributed by atoms with Crippen LogP contribution in [-0.2, 0) is 0 Å². The predicted molar refractivity (Wildman–Crippen MR) is 114 cm³/mol. The Bertz CT molecular complexity index is 621. The molecule has 2 amide bonds. The average molecular weight is 389 g/mol. The van der Waals surface area contributed by atoms with Crippen LogP contribution in [0.5, 0.6) is 5.75 Å². The van der Waals surface area contributed by atoms with Gasteiger partial charge in [0.1, 0.15) is 5.75 Å². The molecule has 3 rings (SSSR count). The minimum absolute atomic E-state index is 0.0383. The maximum atomic E-state index is 11.8. The molecule has 1 saturated heterocycles. The van der Waals surface area contributed by atoms with Crippen LogP contribution < -0.4 is 15.0 Å². The van der Waals surface area contributed by atoms with E-state index in [-0.39, 0.29) is 6.03 Å². The minimum atomic E-state index is 0.0383. The Morgan fingerprint density at radius 1 is 1.11 bits per heavy atom. The zero-order chi connectivity index (χ0) is 19.9. The predicted octanol–water partition coefficient (Wildman–Crippen LogP) is 3.04. The molecule has 1 aliphatic carbocycles. The number of benzene rings is 1. The summed E-state index contributed by atoms with van der Waals surface area (Å²) in [5.41, 5.74) is 1.21. The van der Waals surface area contributed by atoms with Crippen molar-refractivity contribution in [1.82, 2.24) is 15.1 Å². The maximum Gasteiger partial charge on any atom is 0.317 e. The van der Waals surface area contributed by atoms with Gasteiger partial charge in [-0.05, 0) is 56.7 Å². The number of para-hydroxylation sites is 2. The second-order valence-corrected chi connectivity index (χ2v) is 8.35. The van der Waals surface area contributed by atoms with Crippen LogP contribution >= 0.6 is 0 Å². The van der Waals surface area contributed by atoms with Crippen LogP contribution in [0.3, 0.4) is 0 Å². The van der Waals surface area contributed by atoms with E-state index < -0.39 is 0 Å². The lowest BCUT2D eigenvalue weighted by Crippen LogP contribution is -2.47. The molecule has 0 spiro atoms. The zero-order valence-corrected chi connectivity index (χ0v) is 17.7. The van der Waals surface area contributed by atoms with Crippen molar-refractivity contribution in [3.8, 4) is 5.75 Å². The first kappa shape index (κ1) is 20.8. The molecular weight excluding hydrogens is 352 g/mol. The Morgan fingerprint density at radius 3 is 2.43 bits per heavy atom. The monoisotopic (exact) mass is 388 g/mol. The van der Waals surface area contributed by atoms with E-state index in [1.807, 2.05) is 12.1 Å². The molecule has 0 unspecified atom stereocenters. The molecule has 1 N–H and O–H groups in total. The Morgan fingerprint density at radius 2 is 1.79 bits per heavy atom. The van der Waals surface area contributed by atoms with Crippen molar-refractivity contribution in [2.75, 3.05) is 58.8 Å². The Balaban J connectivity index is 1.36. The number of methoxy groups -OCH3 is 1. The summed E-state index contributed by atoms with van der Waals surface area (Å²) in [7, 11) is 5.35. The number of hydrogen-bond donors (Lipinski definition) is 1. The number of nitrogens with one attached hydrogen (secondary N) is 1. The minimum Gasteiger partial charge on any atom is -0.495 e. The quantitative estimate of drug-likeness (QED) is 0.814. The van der Waals surface area contributed by atoms with Gasteiger partial charge in [0.05, 0.1) is 12.8 Å². The van der Waals surface area contributed by atoms with E-state index >= 15 is 0 Å². The third kappa shape index (κ3) is 5.53. The normalized spacial score (nSPS) is 23.3. The summed E-state index contributed by atoms with van der Waals surface area (Å²) in [6, 6.07) is 8.70. The third-order valence-corrected chi connectivity index (χ3v) is 6.23. The molecule has 6 nitrogen and oxygen atoms in total. The topological polar surface area (TPSA) is 48.1 Å². The second kappa shape index (κ2) is 10.0. The van der Waals surface area contributed by atoms with Gasteiger partial charge >= 0.3 is 6.03 Å². The van der Waals surface area contributed by atoms with Gasteiger partial charge in [-0.25, -0.2) is 4.79 Å². The van der Waals surface area contributed by atoms with Crippen molar-refractivity contribution in [2.45, 2.75) is 38.1 Å². The number of amides is 2. The standard InChI is InChI=1S/C22H36N4O2/c1-24(2)22(27)23-19-10-8-18(9-11-19)12-13-25-14-16-26(17-15-25)20-6-4-5-7-21(20)28-3/h4-7,18-19H,8-17H2,1-3H3,(H,23,27)/t18-,19-. The number of anilines is 1. The summed E-state index contributed by atoms with van der Waals surface area (Å²) in [6.45, 7) is 5.55. The van der Waals surface area contributed by atoms with Crippen LogP contribution in [0.2, 0.25) is 0 Å². The fraction of sp³-hybridized carbons (Fsp3) is 0.682. The lowest BCUT2D eigenvalue weighted by Gasteiger charge is -2.37. The molecule has 28 heavy (non-hydrogen) atoms. The summed E-state index contributed by atoms with van der Waals surface area (Å²) in [6.07, 6.45) is 5.99. The van der Waals surface area contributed by atoms with Gasteiger partial charge in [0, 0.05) is 46.3 Å². The van der Waals surface area contributed by atoms with Gasteiger partial charge in [0.25, 0.3) is 0 Å². The largest absolute Gasteiger partial charge is 0.495 e. The number of carbonyl (C=O) groups is 1. The van der Waals surface area contributed by atoms with Gasteiger partial charge in [-0.15, -0.1) is 0 Å². The van der Waals surface area contributed by atoms with Gasteiger partial charge in [-0.1, -0.05) is 12.1 Å². The van der Waals surface area contributed by atoms with Crippen molar-refractivity contribution in [3.63, 3.8) is 0 Å². The highest BCUT2D eigenvalue weighted by Crippen LogP contribution is 2.29. The van der Waals surface area contributed by atoms with E-state index in [0.29, 0.717) is 6.04 Å². The fourth-order valence-corrected chi connectivity index (χ4v) is 4.37. The molecule has 1 heterocycles. The Hall–Kier alpha value is -1.95. The van der Waals surface area contributed by atoms with Crippen LogP contribution in [0.1, 0.15) is 32.1 Å². The van der Waals surface area contributed by atoms with Crippen molar-refractivity contribution in [3.05, 3.63) is 24.3 Å². The Kier molecular flexibility index (Phi) is 7.43. The Labute approximate surface area is 169 Å². The zero-order valence-electron chi connectivity index (χ0n) is 17.7. The molecule has 0 bridgehead atoms. The van der Waals surface area contributed by atoms with Gasteiger partial charge in [-0.2, -0.15) is 0 Å². The van der Waals surface area contributed by atoms with Crippen molar-refractivity contribution < 1.29 is 9.53 Å². The van der Waals surface area contributed by atoms with E-state index in [2.05, 4.69) is 27.2 Å². The first-order chi connectivity index (χ1) is 13.6. The first-order valence-corrected chi connectivity index (χ1v) is 10.6. The molecule has 1 aromatic carbocycles. The van der Waals surface area contributed by atoms with Crippen molar-refractivity contribution in [1.29, 1.82) is 0 Å². The number of urea groups is 1. The van der Waals surface area contributed by atoms with Gasteiger partial charge in [-0.3, -0.25) is 4.90 Å². The summed E-state index contributed by atoms with van der Waals surface area (Å²) >= 11 is 0. The highest BCUT2D eigenvalue weighted by atomic mass is 16.5. The van der Waals surface area contributed by atoms with Crippen LogP contribution in [0.4, 0.5) is 10.5 Å². The lowest BCUT2D eigenvalue weighted by molar-refractivity contribution is 0.194. The van der Waals surface area contributed by atoms with Gasteiger partial charge in [0.15, 0.2) is 0 Å². The van der Waals surface area contributed by atoms with Crippen LogP contribution in [0.25, 0.3) is 0 Å². The highest BCUT2D eigenvalue weighted by Gasteiger charge is 2.24. The fourth-order valence-electron chi connectivity index (χ4n) is 4.37. The SMILES string of the molecule is COc1ccccc1N1CCN(CC[C@H]2CC[C@H](NC(=O)N(C)C)CC2)CC1. The van der Waals surface area contributed by atoms with E-state index in [1.165, 1.54) is 31.5 Å². The van der Waals surface area contributed by atoms with E-state index in [0.717, 1.165) is 50.7 Å². The molecule has 0 aromatic heterocycles. The number of ether oxygens (including phenoxy) is 1. The number of nitrogens with zero attached hydrogens (tertiary/aromatic N) is 3. The lowest BCUT2D eigenvalue weighted by atomic mass is 9.84. The number of piperazine rings is 1. The second-order valence-electron chi connectivity index (χ2n) is 8.35. The summed E-state index contributed by atoms with van der Waals surface area (Å²) in [5, 5.41) is 3.13. The summed E-state index contributed by atoms with van der Waals surface area (Å²) in [4.78, 5) is 18.5. The van der Waals surface area contributed by atoms with E-state index in [9.17, 15) is 4.79 Å². The highest BCUT2D eigenvalue weighted by molar-refractivity contribution is 5.73. The molecule has 0 atom stereocenters. The van der Waals surface area contributed by atoms with Crippen LogP contribution in [0, 0.1) is 5.92 Å². The van der Waals surface area contributed by atoms with Crippen LogP contribution in [0.15, 0.2) is 24.3 Å². The molecular formula is C22H36N4O2. The smallest absolute Gasteiger partial charge is 0.317 e. The number of rotatable bonds is 6. The van der Waals surface area contributed by atoms with Gasteiger partial charge in [0.2, 0.25) is 0 Å². The molecule has 1 saturated carbocycles. The molecule has 0 radical (unpaired) electrons. The third-order valence-electron chi connectivity index (χ3n) is 6.23. The van der Waals surface area contributed by atoms with E-state index in [4.69, 9.17) is 4.74 Å². The van der Waals surface area contributed by atoms with Crippen molar-refractivity contribution in [2.24, 2.45) is 5.92 Å².